The quantitative estimate of drug-likeness (QED) is 0.405. The van der Waals surface area contributed by atoms with Gasteiger partial charge in [0, 0.05) is 6.61 Å². The standard InChI is InChI=1S/C8H20NO3/c1-3-12-8-9(2,4-6-10)5-7-11/h10-11H,3-8H2,1-2H3/q+1. The smallest absolute Gasteiger partial charge is 0.183 e. The lowest BCUT2D eigenvalue weighted by Gasteiger charge is -2.32. The van der Waals surface area contributed by atoms with Crippen LogP contribution in [0.15, 0.2) is 0 Å². The fraction of sp³-hybridized carbons (Fsp3) is 1.00. The van der Waals surface area contributed by atoms with E-state index in [4.69, 9.17) is 14.9 Å². The molecule has 0 saturated heterocycles. The first kappa shape index (κ1) is 11.8. The molecule has 0 fully saturated rings. The summed E-state index contributed by atoms with van der Waals surface area (Å²) in [7, 11) is 1.96. The molecule has 2 N–H and O–H groups in total. The lowest BCUT2D eigenvalue weighted by atomic mass is 10.4. The molecule has 0 aliphatic carbocycles. The van der Waals surface area contributed by atoms with Crippen LogP contribution < -0.4 is 0 Å². The minimum atomic E-state index is 0.129. The number of ether oxygens (including phenoxy) is 1. The predicted octanol–water partition coefficient (Wildman–Crippen LogP) is -0.588. The second-order valence-corrected chi connectivity index (χ2v) is 3.14. The number of hydrogen-bond donors (Lipinski definition) is 2. The van der Waals surface area contributed by atoms with Crippen molar-refractivity contribution in [3.63, 3.8) is 0 Å². The molecule has 0 heterocycles. The van der Waals surface area contributed by atoms with Crippen LogP contribution in [0.4, 0.5) is 0 Å². The third-order valence-corrected chi connectivity index (χ3v) is 1.89. The Morgan fingerprint density at radius 2 is 1.67 bits per heavy atom. The summed E-state index contributed by atoms with van der Waals surface area (Å²) in [5, 5.41) is 17.6. The van der Waals surface area contributed by atoms with Gasteiger partial charge in [0.2, 0.25) is 0 Å². The number of rotatable bonds is 7. The van der Waals surface area contributed by atoms with E-state index in [1.807, 2.05) is 14.0 Å². The third kappa shape index (κ3) is 4.66. The molecule has 0 aliphatic heterocycles. The Bertz CT molecular complexity index is 102. The highest BCUT2D eigenvalue weighted by Crippen LogP contribution is 2.00. The van der Waals surface area contributed by atoms with Gasteiger partial charge in [-0.05, 0) is 6.92 Å². The van der Waals surface area contributed by atoms with Gasteiger partial charge in [-0.15, -0.1) is 0 Å². The highest BCUT2D eigenvalue weighted by atomic mass is 16.5. The van der Waals surface area contributed by atoms with Gasteiger partial charge < -0.3 is 14.9 Å². The van der Waals surface area contributed by atoms with Crippen LogP contribution in [0.1, 0.15) is 6.92 Å². The van der Waals surface area contributed by atoms with E-state index in [0.29, 0.717) is 30.9 Å². The zero-order valence-electron chi connectivity index (χ0n) is 7.99. The van der Waals surface area contributed by atoms with E-state index in [2.05, 4.69) is 0 Å². The normalized spacial score (nSPS) is 12.0. The largest absolute Gasteiger partial charge is 0.391 e. The molecule has 0 aliphatic rings. The van der Waals surface area contributed by atoms with Crippen LogP contribution in [-0.2, 0) is 4.74 Å². The number of hydrogen-bond acceptors (Lipinski definition) is 3. The van der Waals surface area contributed by atoms with Crippen LogP contribution in [-0.4, -0.2) is 61.4 Å². The molecule has 12 heavy (non-hydrogen) atoms. The fourth-order valence-electron chi connectivity index (χ4n) is 1.04. The zero-order valence-corrected chi connectivity index (χ0v) is 7.99. The molecule has 0 unspecified atom stereocenters. The van der Waals surface area contributed by atoms with Gasteiger partial charge in [0.05, 0.1) is 20.3 Å². The van der Waals surface area contributed by atoms with Gasteiger partial charge in [-0.2, -0.15) is 0 Å². The lowest BCUT2D eigenvalue weighted by molar-refractivity contribution is -0.928. The van der Waals surface area contributed by atoms with E-state index in [0.717, 1.165) is 0 Å². The van der Waals surface area contributed by atoms with Crippen molar-refractivity contribution in [2.45, 2.75) is 6.92 Å². The lowest BCUT2D eigenvalue weighted by Crippen LogP contribution is -2.49. The Hall–Kier alpha value is -0.160. The minimum Gasteiger partial charge on any atom is -0.391 e. The summed E-state index contributed by atoms with van der Waals surface area (Å²) in [6.45, 7) is 4.67. The maximum absolute atomic E-state index is 8.78. The summed E-state index contributed by atoms with van der Waals surface area (Å²) in [6, 6.07) is 0. The fourth-order valence-corrected chi connectivity index (χ4v) is 1.04. The molecular formula is C8H20NO3+. The van der Waals surface area contributed by atoms with E-state index >= 15 is 0 Å². The van der Waals surface area contributed by atoms with Crippen LogP contribution in [0.25, 0.3) is 0 Å². The first-order valence-corrected chi connectivity index (χ1v) is 4.31. The molecule has 0 bridgehead atoms. The number of aliphatic hydroxyl groups excluding tert-OH is 2. The maximum atomic E-state index is 8.78. The number of likely N-dealkylation sites (N-methyl/N-ethyl adjacent to an activating group) is 1. The molecule has 74 valence electrons. The van der Waals surface area contributed by atoms with Crippen molar-refractivity contribution in [1.82, 2.24) is 0 Å². The van der Waals surface area contributed by atoms with Gasteiger partial charge in [-0.25, -0.2) is 0 Å². The molecule has 0 spiro atoms. The molecule has 0 atom stereocenters. The van der Waals surface area contributed by atoms with Crippen LogP contribution in [0, 0.1) is 0 Å². The molecule has 0 saturated carbocycles. The van der Waals surface area contributed by atoms with E-state index < -0.39 is 0 Å². The first-order valence-electron chi connectivity index (χ1n) is 4.31. The molecule has 0 amide bonds. The molecule has 4 heteroatoms. The Kier molecular flexibility index (Phi) is 6.28. The Morgan fingerprint density at radius 1 is 1.17 bits per heavy atom. The Balaban J connectivity index is 3.80. The molecule has 0 aromatic rings. The zero-order chi connectivity index (χ0) is 9.45. The molecular weight excluding hydrogens is 158 g/mol. The van der Waals surface area contributed by atoms with Crippen molar-refractivity contribution in [2.24, 2.45) is 0 Å². The van der Waals surface area contributed by atoms with Crippen LogP contribution >= 0.6 is 0 Å². The van der Waals surface area contributed by atoms with E-state index in [1.54, 1.807) is 0 Å². The molecule has 0 rings (SSSR count). The molecule has 0 radical (unpaired) electrons. The summed E-state index contributed by atoms with van der Waals surface area (Å²) in [5.74, 6) is 0. The maximum Gasteiger partial charge on any atom is 0.183 e. The summed E-state index contributed by atoms with van der Waals surface area (Å²) in [4.78, 5) is 0. The number of aliphatic hydroxyl groups is 2. The average Bonchev–Trinajstić information content (AvgIpc) is 2.02. The highest BCUT2D eigenvalue weighted by Gasteiger charge is 2.19. The number of nitrogens with zero attached hydrogens (tertiary/aromatic N) is 1. The predicted molar refractivity (Wildman–Crippen MR) is 46.6 cm³/mol. The van der Waals surface area contributed by atoms with Gasteiger partial charge in [0.1, 0.15) is 13.1 Å². The SMILES string of the molecule is CCOC[N+](C)(CCO)CCO. The minimum absolute atomic E-state index is 0.129. The van der Waals surface area contributed by atoms with Gasteiger partial charge in [-0.1, -0.05) is 0 Å². The first-order chi connectivity index (χ1) is 5.68. The van der Waals surface area contributed by atoms with Gasteiger partial charge in [0.15, 0.2) is 6.73 Å². The Morgan fingerprint density at radius 3 is 2.00 bits per heavy atom. The van der Waals surface area contributed by atoms with Crippen molar-refractivity contribution in [3.8, 4) is 0 Å². The van der Waals surface area contributed by atoms with Crippen LogP contribution in [0.5, 0.6) is 0 Å². The summed E-state index contributed by atoms with van der Waals surface area (Å²) in [5.41, 5.74) is 0. The topological polar surface area (TPSA) is 49.7 Å². The summed E-state index contributed by atoms with van der Waals surface area (Å²) >= 11 is 0. The van der Waals surface area contributed by atoms with E-state index in [9.17, 15) is 0 Å². The van der Waals surface area contributed by atoms with Crippen molar-refractivity contribution in [1.29, 1.82) is 0 Å². The summed E-state index contributed by atoms with van der Waals surface area (Å²) < 4.78 is 5.82. The third-order valence-electron chi connectivity index (χ3n) is 1.89. The van der Waals surface area contributed by atoms with Crippen molar-refractivity contribution >= 4 is 0 Å². The molecule has 0 aromatic carbocycles. The van der Waals surface area contributed by atoms with E-state index in [-0.39, 0.29) is 13.2 Å². The second kappa shape index (κ2) is 6.37. The van der Waals surface area contributed by atoms with Crippen molar-refractivity contribution in [2.75, 3.05) is 46.7 Å². The Labute approximate surface area is 74.0 Å². The number of quaternary nitrogens is 1. The highest BCUT2D eigenvalue weighted by molar-refractivity contribution is 4.33. The molecule has 4 nitrogen and oxygen atoms in total. The van der Waals surface area contributed by atoms with E-state index in [1.165, 1.54) is 0 Å². The van der Waals surface area contributed by atoms with Gasteiger partial charge in [0.25, 0.3) is 0 Å². The summed E-state index contributed by atoms with van der Waals surface area (Å²) in [6.07, 6.45) is 0. The average molecular weight is 178 g/mol. The van der Waals surface area contributed by atoms with Crippen molar-refractivity contribution < 1.29 is 19.4 Å². The van der Waals surface area contributed by atoms with Crippen molar-refractivity contribution in [3.05, 3.63) is 0 Å². The molecule has 0 aromatic heterocycles. The van der Waals surface area contributed by atoms with Gasteiger partial charge >= 0.3 is 0 Å². The van der Waals surface area contributed by atoms with Gasteiger partial charge in [-0.3, -0.25) is 4.48 Å². The monoisotopic (exact) mass is 178 g/mol. The van der Waals surface area contributed by atoms with Crippen LogP contribution in [0.2, 0.25) is 0 Å². The second-order valence-electron chi connectivity index (χ2n) is 3.14. The van der Waals surface area contributed by atoms with Crippen LogP contribution in [0.3, 0.4) is 0 Å².